The van der Waals surface area contributed by atoms with Crippen LogP contribution in [0.25, 0.3) is 0 Å². The second-order valence-corrected chi connectivity index (χ2v) is 9.30. The third-order valence-electron chi connectivity index (χ3n) is 6.77. The minimum Gasteiger partial charge on any atom is -0.446 e. The monoisotopic (exact) mass is 443 g/mol. The number of ether oxygens (including phenoxy) is 2. The Morgan fingerprint density at radius 2 is 2.19 bits per heavy atom. The molecule has 3 N–H and O–H groups in total. The third kappa shape index (κ3) is 4.64. The van der Waals surface area contributed by atoms with Crippen LogP contribution in [-0.4, -0.2) is 51.7 Å². The quantitative estimate of drug-likeness (QED) is 0.625. The van der Waals surface area contributed by atoms with Crippen LogP contribution in [0, 0.1) is 6.92 Å². The first-order chi connectivity index (χ1) is 15.5. The summed E-state index contributed by atoms with van der Waals surface area (Å²) in [5.41, 5.74) is 1.68. The number of aromatic nitrogens is 3. The summed E-state index contributed by atoms with van der Waals surface area (Å²) in [6.07, 6.45) is 6.31. The Morgan fingerprint density at radius 3 is 2.91 bits per heavy atom. The summed E-state index contributed by atoms with van der Waals surface area (Å²) < 4.78 is 16.6. The molecule has 2 aromatic rings. The largest absolute Gasteiger partial charge is 0.446 e. The number of amides is 2. The number of aromatic amines is 1. The van der Waals surface area contributed by atoms with Gasteiger partial charge in [-0.05, 0) is 51.9 Å². The molecule has 3 aliphatic rings. The molecule has 172 valence electrons. The van der Waals surface area contributed by atoms with Gasteiger partial charge in [0.2, 0.25) is 5.91 Å². The Bertz CT molecular complexity index is 981. The zero-order valence-corrected chi connectivity index (χ0v) is 18.2. The number of nitrogens with one attached hydrogen (secondary N) is 3. The number of anilines is 1. The van der Waals surface area contributed by atoms with Gasteiger partial charge in [-0.1, -0.05) is 5.16 Å². The number of alkyl carbamates (subject to hydrolysis) is 1. The van der Waals surface area contributed by atoms with Crippen LogP contribution in [0.5, 0.6) is 0 Å². The first kappa shape index (κ1) is 21.0. The summed E-state index contributed by atoms with van der Waals surface area (Å²) in [5, 5.41) is 16.7. The average Bonchev–Trinajstić information content (AvgIpc) is 3.49. The second kappa shape index (κ2) is 8.57. The Kier molecular flexibility index (Phi) is 5.62. The fourth-order valence-electron chi connectivity index (χ4n) is 4.99. The van der Waals surface area contributed by atoms with Gasteiger partial charge in [-0.3, -0.25) is 9.89 Å². The van der Waals surface area contributed by atoms with E-state index in [4.69, 9.17) is 14.0 Å². The van der Waals surface area contributed by atoms with Crippen molar-refractivity contribution in [1.29, 1.82) is 0 Å². The summed E-state index contributed by atoms with van der Waals surface area (Å²) in [5.74, 6) is 0.963. The predicted octanol–water partition coefficient (Wildman–Crippen LogP) is 2.96. The number of carbonyl (C=O) groups is 2. The fraction of sp³-hybridized carbons (Fsp3) is 0.636. The van der Waals surface area contributed by atoms with Crippen molar-refractivity contribution in [1.82, 2.24) is 20.7 Å². The molecule has 10 nitrogen and oxygen atoms in total. The number of carbonyl (C=O) groups excluding carboxylic acids is 2. The van der Waals surface area contributed by atoms with E-state index in [9.17, 15) is 9.59 Å². The molecule has 2 amide bonds. The number of hydrogen-bond acceptors (Lipinski definition) is 7. The van der Waals surface area contributed by atoms with Gasteiger partial charge in [0.25, 0.3) is 0 Å². The zero-order valence-electron chi connectivity index (χ0n) is 18.2. The minimum absolute atomic E-state index is 0.0118. The number of rotatable bonds is 6. The maximum atomic E-state index is 12.3. The van der Waals surface area contributed by atoms with Gasteiger partial charge in [0.1, 0.15) is 11.9 Å². The lowest BCUT2D eigenvalue weighted by molar-refractivity contribution is -0.115. The first-order valence-corrected chi connectivity index (χ1v) is 11.3. The number of hydrogen-bond donors (Lipinski definition) is 3. The van der Waals surface area contributed by atoms with Crippen LogP contribution < -0.4 is 10.6 Å². The van der Waals surface area contributed by atoms with Crippen LogP contribution in [0.3, 0.4) is 0 Å². The van der Waals surface area contributed by atoms with Crippen LogP contribution >= 0.6 is 0 Å². The van der Waals surface area contributed by atoms with Crippen molar-refractivity contribution in [3.63, 3.8) is 0 Å². The highest BCUT2D eigenvalue weighted by Crippen LogP contribution is 2.43. The van der Waals surface area contributed by atoms with E-state index in [-0.39, 0.29) is 42.1 Å². The second-order valence-electron chi connectivity index (χ2n) is 9.30. The van der Waals surface area contributed by atoms with Gasteiger partial charge in [0.15, 0.2) is 5.82 Å². The standard InChI is InChI=1S/C22H29N5O5/c1-13-7-17(32-27-13)9-20(28)24-19-10-18(25-26-19)14-3-4-16(8-14)31-21(29)23-15-11-22(30-12-15)5-2-6-22/h7,10,14-16H,2-6,8-9,11-12H2,1H3,(H,23,29)(H2,24,25,26,28)/t14-,15?,16+/m0/s1. The molecular formula is C22H29N5O5. The Labute approximate surface area is 185 Å². The van der Waals surface area contributed by atoms with Crippen molar-refractivity contribution in [3.05, 3.63) is 29.3 Å². The first-order valence-electron chi connectivity index (χ1n) is 11.3. The van der Waals surface area contributed by atoms with E-state index >= 15 is 0 Å². The van der Waals surface area contributed by atoms with Gasteiger partial charge in [-0.15, -0.1) is 0 Å². The molecule has 3 heterocycles. The molecule has 0 bridgehead atoms. The number of H-pyrrole nitrogens is 1. The summed E-state index contributed by atoms with van der Waals surface area (Å²) in [6, 6.07) is 3.61. The molecule has 5 rings (SSSR count). The fourth-order valence-corrected chi connectivity index (χ4v) is 4.99. The molecule has 1 saturated heterocycles. The highest BCUT2D eigenvalue weighted by Gasteiger charge is 2.45. The van der Waals surface area contributed by atoms with E-state index in [0.717, 1.165) is 49.9 Å². The van der Waals surface area contributed by atoms with Gasteiger partial charge in [0, 0.05) is 23.7 Å². The molecule has 2 aliphatic carbocycles. The highest BCUT2D eigenvalue weighted by atomic mass is 16.6. The number of aryl methyl sites for hydroxylation is 1. The van der Waals surface area contributed by atoms with Gasteiger partial charge >= 0.3 is 6.09 Å². The molecule has 0 aromatic carbocycles. The normalized spacial score (nSPS) is 26.1. The van der Waals surface area contributed by atoms with Crippen molar-refractivity contribution in [2.24, 2.45) is 0 Å². The van der Waals surface area contributed by atoms with Gasteiger partial charge in [0.05, 0.1) is 30.4 Å². The van der Waals surface area contributed by atoms with E-state index < -0.39 is 0 Å². The summed E-state index contributed by atoms with van der Waals surface area (Å²) in [7, 11) is 0. The molecule has 1 unspecified atom stereocenters. The Morgan fingerprint density at radius 1 is 1.31 bits per heavy atom. The topological polar surface area (TPSA) is 131 Å². The Hall–Kier alpha value is -2.88. The zero-order chi connectivity index (χ0) is 22.1. The molecule has 0 radical (unpaired) electrons. The minimum atomic E-state index is -0.360. The molecule has 1 spiro atoms. The molecule has 2 aromatic heterocycles. The molecule has 3 fully saturated rings. The van der Waals surface area contributed by atoms with E-state index in [1.807, 2.05) is 6.07 Å². The van der Waals surface area contributed by atoms with Gasteiger partial charge in [-0.25, -0.2) is 4.79 Å². The lowest BCUT2D eigenvalue weighted by atomic mass is 9.77. The highest BCUT2D eigenvalue weighted by molar-refractivity contribution is 5.91. The molecular weight excluding hydrogens is 414 g/mol. The van der Waals surface area contributed by atoms with Crippen LogP contribution in [-0.2, 0) is 20.7 Å². The van der Waals surface area contributed by atoms with Gasteiger partial charge < -0.3 is 24.6 Å². The van der Waals surface area contributed by atoms with E-state index in [1.165, 1.54) is 6.42 Å². The van der Waals surface area contributed by atoms with Crippen molar-refractivity contribution < 1.29 is 23.6 Å². The summed E-state index contributed by atoms with van der Waals surface area (Å²) in [4.78, 5) is 24.5. The third-order valence-corrected chi connectivity index (χ3v) is 6.77. The van der Waals surface area contributed by atoms with Crippen molar-refractivity contribution >= 4 is 17.8 Å². The van der Waals surface area contributed by atoms with Crippen molar-refractivity contribution in [2.75, 3.05) is 11.9 Å². The lowest BCUT2D eigenvalue weighted by Gasteiger charge is -2.37. The van der Waals surface area contributed by atoms with Crippen molar-refractivity contribution in [3.8, 4) is 0 Å². The molecule has 10 heteroatoms. The molecule has 3 atom stereocenters. The van der Waals surface area contributed by atoms with Crippen LogP contribution in [0.1, 0.15) is 68.0 Å². The van der Waals surface area contributed by atoms with Crippen LogP contribution in [0.4, 0.5) is 10.6 Å². The predicted molar refractivity (Wildman–Crippen MR) is 113 cm³/mol. The van der Waals surface area contributed by atoms with E-state index in [0.29, 0.717) is 18.2 Å². The van der Waals surface area contributed by atoms with Crippen LogP contribution in [0.15, 0.2) is 16.7 Å². The van der Waals surface area contributed by atoms with E-state index in [2.05, 4.69) is 26.0 Å². The maximum absolute atomic E-state index is 12.3. The van der Waals surface area contributed by atoms with Gasteiger partial charge in [-0.2, -0.15) is 5.10 Å². The summed E-state index contributed by atoms with van der Waals surface area (Å²) >= 11 is 0. The summed E-state index contributed by atoms with van der Waals surface area (Å²) in [6.45, 7) is 2.38. The SMILES string of the molecule is Cc1cc(CC(=O)Nc2cc([C@H]3CC[C@@H](OC(=O)NC4COC5(CCC5)C4)C3)[nH]n2)on1. The molecule has 1 aliphatic heterocycles. The lowest BCUT2D eigenvalue weighted by Crippen LogP contribution is -2.40. The smallest absolute Gasteiger partial charge is 0.407 e. The maximum Gasteiger partial charge on any atom is 0.407 e. The van der Waals surface area contributed by atoms with Crippen molar-refractivity contribution in [2.45, 2.75) is 82.0 Å². The van der Waals surface area contributed by atoms with E-state index in [1.54, 1.807) is 13.0 Å². The average molecular weight is 444 g/mol. The molecule has 32 heavy (non-hydrogen) atoms. The number of nitrogens with zero attached hydrogens (tertiary/aromatic N) is 2. The Balaban J connectivity index is 1.06. The van der Waals surface area contributed by atoms with Crippen LogP contribution in [0.2, 0.25) is 0 Å². The molecule has 2 saturated carbocycles.